The minimum atomic E-state index is -2.57. The van der Waals surface area contributed by atoms with Crippen molar-refractivity contribution in [2.24, 2.45) is 11.0 Å². The molecule has 1 aliphatic rings. The van der Waals surface area contributed by atoms with Gasteiger partial charge in [-0.05, 0) is 43.4 Å². The molecule has 2 rings (SSSR count). The summed E-state index contributed by atoms with van der Waals surface area (Å²) < 4.78 is 39.7. The normalized spacial score (nSPS) is 17.3. The van der Waals surface area contributed by atoms with Gasteiger partial charge in [0.15, 0.2) is 5.82 Å². The third-order valence-corrected chi connectivity index (χ3v) is 5.00. The Morgan fingerprint density at radius 3 is 2.59 bits per heavy atom. The predicted octanol–water partition coefficient (Wildman–Crippen LogP) is 5.11. The van der Waals surface area contributed by atoms with Crippen LogP contribution in [0.15, 0.2) is 29.5 Å². The standard InChI is InChI=1S/C21H32F3N5/c1-14(2)16(4)25-13-17-10-19(26-18-6-8-21(23,24)9-7-18)27-20(11-17)29(5)28-15(3)12-22/h10-11,14,18,25H,4,6-9,12-13H2,1-3,5H3,(H,26,27)/b28-15+. The van der Waals surface area contributed by atoms with Crippen LogP contribution in [0.5, 0.6) is 0 Å². The number of anilines is 2. The van der Waals surface area contributed by atoms with Gasteiger partial charge in [0.1, 0.15) is 12.5 Å². The van der Waals surface area contributed by atoms with Gasteiger partial charge in [0.25, 0.3) is 0 Å². The van der Waals surface area contributed by atoms with Gasteiger partial charge in [0.2, 0.25) is 5.92 Å². The molecule has 2 N–H and O–H groups in total. The summed E-state index contributed by atoms with van der Waals surface area (Å²) in [6, 6.07) is 3.72. The summed E-state index contributed by atoms with van der Waals surface area (Å²) in [5.74, 6) is -1.11. The van der Waals surface area contributed by atoms with Crippen molar-refractivity contribution >= 4 is 17.3 Å². The summed E-state index contributed by atoms with van der Waals surface area (Å²) in [6.07, 6.45) is 0.553. The number of allylic oxidation sites excluding steroid dienone is 1. The highest BCUT2D eigenvalue weighted by molar-refractivity contribution is 5.83. The van der Waals surface area contributed by atoms with Crippen LogP contribution in [-0.2, 0) is 6.54 Å². The molecule has 1 heterocycles. The van der Waals surface area contributed by atoms with Crippen molar-refractivity contribution in [3.63, 3.8) is 0 Å². The van der Waals surface area contributed by atoms with E-state index in [1.807, 2.05) is 12.1 Å². The van der Waals surface area contributed by atoms with E-state index in [0.29, 0.717) is 42.7 Å². The molecule has 0 saturated heterocycles. The zero-order valence-electron chi connectivity index (χ0n) is 17.7. The molecule has 0 spiro atoms. The van der Waals surface area contributed by atoms with Crippen LogP contribution < -0.4 is 15.6 Å². The van der Waals surface area contributed by atoms with Crippen LogP contribution in [0.3, 0.4) is 0 Å². The number of nitrogens with one attached hydrogen (secondary N) is 2. The smallest absolute Gasteiger partial charge is 0.248 e. The number of halogens is 3. The van der Waals surface area contributed by atoms with E-state index in [4.69, 9.17) is 0 Å². The van der Waals surface area contributed by atoms with Crippen molar-refractivity contribution in [1.82, 2.24) is 10.3 Å². The highest BCUT2D eigenvalue weighted by atomic mass is 19.3. The molecule has 1 aromatic heterocycles. The molecule has 0 aliphatic heterocycles. The quantitative estimate of drug-likeness (QED) is 0.438. The number of aromatic nitrogens is 1. The third kappa shape index (κ3) is 7.25. The van der Waals surface area contributed by atoms with Crippen molar-refractivity contribution in [3.05, 3.63) is 30.0 Å². The minimum Gasteiger partial charge on any atom is -0.385 e. The number of hydrogen-bond acceptors (Lipinski definition) is 5. The molecule has 29 heavy (non-hydrogen) atoms. The molecular weight excluding hydrogens is 379 g/mol. The molecule has 8 heteroatoms. The van der Waals surface area contributed by atoms with Gasteiger partial charge in [-0.2, -0.15) is 5.10 Å². The summed E-state index contributed by atoms with van der Waals surface area (Å²) in [6.45, 7) is 9.65. The Balaban J connectivity index is 2.20. The van der Waals surface area contributed by atoms with Gasteiger partial charge in [0.05, 0.1) is 5.71 Å². The van der Waals surface area contributed by atoms with E-state index in [1.165, 1.54) is 5.01 Å². The average Bonchev–Trinajstić information content (AvgIpc) is 2.67. The first kappa shape index (κ1) is 23.0. The maximum absolute atomic E-state index is 13.4. The third-order valence-electron chi connectivity index (χ3n) is 5.00. The van der Waals surface area contributed by atoms with E-state index in [-0.39, 0.29) is 18.9 Å². The molecular formula is C21H32F3N5. The lowest BCUT2D eigenvalue weighted by Crippen LogP contribution is -2.32. The van der Waals surface area contributed by atoms with Gasteiger partial charge in [-0.3, -0.25) is 5.01 Å². The van der Waals surface area contributed by atoms with Gasteiger partial charge in [-0.25, -0.2) is 18.2 Å². The van der Waals surface area contributed by atoms with Gasteiger partial charge < -0.3 is 10.6 Å². The fraction of sp³-hybridized carbons (Fsp3) is 0.619. The van der Waals surface area contributed by atoms with E-state index in [0.717, 1.165) is 11.3 Å². The molecule has 0 radical (unpaired) electrons. The second-order valence-electron chi connectivity index (χ2n) is 8.02. The van der Waals surface area contributed by atoms with Gasteiger partial charge >= 0.3 is 0 Å². The summed E-state index contributed by atoms with van der Waals surface area (Å²) >= 11 is 0. The number of rotatable bonds is 9. The van der Waals surface area contributed by atoms with Crippen LogP contribution in [0.25, 0.3) is 0 Å². The lowest BCUT2D eigenvalue weighted by atomic mass is 9.92. The second kappa shape index (κ2) is 9.98. The zero-order valence-corrected chi connectivity index (χ0v) is 17.7. The Kier molecular flexibility index (Phi) is 7.93. The van der Waals surface area contributed by atoms with Crippen LogP contribution in [0, 0.1) is 5.92 Å². The Hall–Kier alpha value is -2.25. The summed E-state index contributed by atoms with van der Waals surface area (Å²) in [4.78, 5) is 4.56. The Bertz CT molecular complexity index is 723. The van der Waals surface area contributed by atoms with Crippen molar-refractivity contribution in [1.29, 1.82) is 0 Å². The van der Waals surface area contributed by atoms with Crippen LogP contribution in [-0.4, -0.2) is 36.4 Å². The van der Waals surface area contributed by atoms with Crippen LogP contribution in [0.4, 0.5) is 24.8 Å². The van der Waals surface area contributed by atoms with Crippen LogP contribution >= 0.6 is 0 Å². The van der Waals surface area contributed by atoms with Crippen molar-refractivity contribution in [2.75, 3.05) is 24.0 Å². The lowest BCUT2D eigenvalue weighted by Gasteiger charge is -2.29. The average molecular weight is 412 g/mol. The fourth-order valence-electron chi connectivity index (χ4n) is 3.06. The zero-order chi connectivity index (χ0) is 21.6. The molecule has 1 aromatic rings. The lowest BCUT2D eigenvalue weighted by molar-refractivity contribution is -0.0361. The Labute approximate surface area is 171 Å². The molecule has 0 amide bonds. The molecule has 0 atom stereocenters. The molecule has 1 fully saturated rings. The summed E-state index contributed by atoms with van der Waals surface area (Å²) in [5.41, 5.74) is 2.21. The number of alkyl halides is 3. The molecule has 162 valence electrons. The highest BCUT2D eigenvalue weighted by Crippen LogP contribution is 2.34. The topological polar surface area (TPSA) is 52.6 Å². The maximum atomic E-state index is 13.4. The Morgan fingerprint density at radius 2 is 2.00 bits per heavy atom. The molecule has 0 bridgehead atoms. The van der Waals surface area contributed by atoms with E-state index >= 15 is 0 Å². The highest BCUT2D eigenvalue weighted by Gasteiger charge is 2.35. The van der Waals surface area contributed by atoms with Crippen molar-refractivity contribution in [2.45, 2.75) is 65.0 Å². The fourth-order valence-corrected chi connectivity index (χ4v) is 3.06. The van der Waals surface area contributed by atoms with Crippen molar-refractivity contribution in [3.8, 4) is 0 Å². The first-order valence-electron chi connectivity index (χ1n) is 10.0. The SMILES string of the molecule is C=C(NCc1cc(NC2CCC(F)(F)CC2)nc(N(C)/N=C(\C)CF)c1)C(C)C. The maximum Gasteiger partial charge on any atom is 0.248 e. The largest absolute Gasteiger partial charge is 0.385 e. The van der Waals surface area contributed by atoms with Gasteiger partial charge in [-0.15, -0.1) is 0 Å². The van der Waals surface area contributed by atoms with Crippen molar-refractivity contribution < 1.29 is 13.2 Å². The first-order valence-corrected chi connectivity index (χ1v) is 10.0. The van der Waals surface area contributed by atoms with E-state index in [9.17, 15) is 13.2 Å². The summed E-state index contributed by atoms with van der Waals surface area (Å²) in [5, 5.41) is 12.3. The molecule has 1 aliphatic carbocycles. The van der Waals surface area contributed by atoms with E-state index < -0.39 is 12.6 Å². The molecule has 1 saturated carbocycles. The molecule has 0 aromatic carbocycles. The molecule has 0 unspecified atom stereocenters. The van der Waals surface area contributed by atoms with Crippen LogP contribution in [0.1, 0.15) is 52.0 Å². The number of pyridine rings is 1. The number of hydrogen-bond donors (Lipinski definition) is 2. The second-order valence-corrected chi connectivity index (χ2v) is 8.02. The first-order chi connectivity index (χ1) is 13.6. The van der Waals surface area contributed by atoms with E-state index in [1.54, 1.807) is 14.0 Å². The molecule has 5 nitrogen and oxygen atoms in total. The number of nitrogens with zero attached hydrogens (tertiary/aromatic N) is 3. The summed E-state index contributed by atoms with van der Waals surface area (Å²) in [7, 11) is 1.71. The minimum absolute atomic E-state index is 0.0507. The number of hydrazone groups is 1. The van der Waals surface area contributed by atoms with E-state index in [2.05, 4.69) is 41.1 Å². The Morgan fingerprint density at radius 1 is 1.34 bits per heavy atom. The van der Waals surface area contributed by atoms with Gasteiger partial charge in [-0.1, -0.05) is 20.4 Å². The van der Waals surface area contributed by atoms with Crippen LogP contribution in [0.2, 0.25) is 0 Å². The predicted molar refractivity (Wildman–Crippen MR) is 113 cm³/mol. The van der Waals surface area contributed by atoms with Gasteiger partial charge in [0, 0.05) is 38.2 Å². The monoisotopic (exact) mass is 411 g/mol.